The molecule has 1 N–H and O–H groups in total. The minimum absolute atomic E-state index is 0.120. The van der Waals surface area contributed by atoms with E-state index in [1.807, 2.05) is 0 Å². The van der Waals surface area contributed by atoms with Crippen molar-refractivity contribution in [3.8, 4) is 0 Å². The molecule has 2 nitrogen and oxygen atoms in total. The highest BCUT2D eigenvalue weighted by molar-refractivity contribution is 5.86. The number of ketones is 1. The van der Waals surface area contributed by atoms with Crippen LogP contribution in [0.3, 0.4) is 0 Å². The molecule has 0 saturated heterocycles. The minimum atomic E-state index is -0.186. The molecule has 6 atom stereocenters. The average molecular weight is 208 g/mol. The number of Topliss-reactive ketones (excluding diaryl/α,β-unsaturated/α-hetero) is 1. The molecule has 0 amide bonds. The van der Waals surface area contributed by atoms with Crippen molar-refractivity contribution in [3.05, 3.63) is 0 Å². The lowest BCUT2D eigenvalue weighted by atomic mass is 9.70. The van der Waals surface area contributed by atoms with Gasteiger partial charge in [0.05, 0.1) is 6.10 Å². The molecular formula is C13H20O2. The third-order valence-corrected chi connectivity index (χ3v) is 5.30. The molecule has 0 spiro atoms. The summed E-state index contributed by atoms with van der Waals surface area (Å²) in [5, 5.41) is 10.0. The van der Waals surface area contributed by atoms with Crippen molar-refractivity contribution in [2.75, 3.05) is 0 Å². The Hall–Kier alpha value is -0.370. The van der Waals surface area contributed by atoms with Gasteiger partial charge >= 0.3 is 0 Å². The van der Waals surface area contributed by atoms with Gasteiger partial charge in [-0.15, -0.1) is 0 Å². The van der Waals surface area contributed by atoms with Crippen LogP contribution in [0.4, 0.5) is 0 Å². The maximum atomic E-state index is 11.9. The Labute approximate surface area is 91.1 Å². The predicted octanol–water partition coefficient (Wildman–Crippen LogP) is 2.01. The second-order valence-electron chi connectivity index (χ2n) is 6.41. The fourth-order valence-corrected chi connectivity index (χ4v) is 4.71. The van der Waals surface area contributed by atoms with Crippen LogP contribution in [0.2, 0.25) is 0 Å². The Morgan fingerprint density at radius 1 is 1.40 bits per heavy atom. The zero-order valence-electron chi connectivity index (χ0n) is 9.57. The van der Waals surface area contributed by atoms with Gasteiger partial charge in [0.15, 0.2) is 0 Å². The molecule has 0 aromatic heterocycles. The Morgan fingerprint density at radius 2 is 2.13 bits per heavy atom. The molecule has 4 bridgehead atoms. The van der Waals surface area contributed by atoms with E-state index in [1.54, 1.807) is 0 Å². The maximum absolute atomic E-state index is 11.9. The number of carbonyl (C=O) groups excluding carboxylic acids is 1. The summed E-state index contributed by atoms with van der Waals surface area (Å²) < 4.78 is 0. The summed E-state index contributed by atoms with van der Waals surface area (Å²) in [6, 6.07) is 0. The van der Waals surface area contributed by atoms with E-state index in [2.05, 4.69) is 13.8 Å². The van der Waals surface area contributed by atoms with Gasteiger partial charge in [-0.05, 0) is 42.4 Å². The summed E-state index contributed by atoms with van der Waals surface area (Å²) in [6.45, 7) is 4.36. The molecule has 0 aromatic rings. The molecule has 0 heterocycles. The molecule has 0 aromatic carbocycles. The third-order valence-electron chi connectivity index (χ3n) is 5.30. The smallest absolute Gasteiger partial charge is 0.137 e. The Balaban J connectivity index is 1.99. The minimum Gasteiger partial charge on any atom is -0.393 e. The van der Waals surface area contributed by atoms with E-state index in [0.717, 1.165) is 19.3 Å². The van der Waals surface area contributed by atoms with Crippen molar-refractivity contribution in [2.24, 2.45) is 29.1 Å². The number of aliphatic hydroxyl groups is 1. The van der Waals surface area contributed by atoms with E-state index in [9.17, 15) is 9.90 Å². The summed E-state index contributed by atoms with van der Waals surface area (Å²) >= 11 is 0. The van der Waals surface area contributed by atoms with Crippen LogP contribution in [-0.4, -0.2) is 17.0 Å². The van der Waals surface area contributed by atoms with Gasteiger partial charge in [0, 0.05) is 12.3 Å². The molecular weight excluding hydrogens is 188 g/mol. The average Bonchev–Trinajstić information content (AvgIpc) is 2.50. The van der Waals surface area contributed by atoms with Crippen molar-refractivity contribution in [1.82, 2.24) is 0 Å². The van der Waals surface area contributed by atoms with Crippen LogP contribution in [0.1, 0.15) is 39.5 Å². The highest BCUT2D eigenvalue weighted by Gasteiger charge is 2.61. The lowest BCUT2D eigenvalue weighted by molar-refractivity contribution is -0.126. The molecule has 3 aliphatic rings. The van der Waals surface area contributed by atoms with Gasteiger partial charge in [-0.2, -0.15) is 0 Å². The zero-order valence-corrected chi connectivity index (χ0v) is 9.57. The topological polar surface area (TPSA) is 37.3 Å². The van der Waals surface area contributed by atoms with Gasteiger partial charge < -0.3 is 5.11 Å². The molecule has 3 fully saturated rings. The number of rotatable bonds is 0. The molecule has 3 rings (SSSR count). The van der Waals surface area contributed by atoms with Crippen LogP contribution >= 0.6 is 0 Å². The van der Waals surface area contributed by atoms with Crippen LogP contribution in [0.5, 0.6) is 0 Å². The first-order valence-corrected chi connectivity index (χ1v) is 6.22. The molecule has 15 heavy (non-hydrogen) atoms. The van der Waals surface area contributed by atoms with Crippen LogP contribution in [0.25, 0.3) is 0 Å². The van der Waals surface area contributed by atoms with Gasteiger partial charge in [0.2, 0.25) is 0 Å². The lowest BCUT2D eigenvalue weighted by Crippen LogP contribution is -2.34. The second-order valence-corrected chi connectivity index (χ2v) is 6.41. The highest BCUT2D eigenvalue weighted by Crippen LogP contribution is 2.63. The van der Waals surface area contributed by atoms with Gasteiger partial charge in [0.25, 0.3) is 0 Å². The summed E-state index contributed by atoms with van der Waals surface area (Å²) in [5.41, 5.74) is 0.120. The van der Waals surface area contributed by atoms with Crippen molar-refractivity contribution < 1.29 is 9.90 Å². The van der Waals surface area contributed by atoms with E-state index in [-0.39, 0.29) is 17.4 Å². The summed E-state index contributed by atoms with van der Waals surface area (Å²) in [6.07, 6.45) is 3.73. The van der Waals surface area contributed by atoms with Gasteiger partial charge in [-0.1, -0.05) is 13.8 Å². The first kappa shape index (κ1) is 9.83. The maximum Gasteiger partial charge on any atom is 0.137 e. The molecule has 2 heteroatoms. The van der Waals surface area contributed by atoms with E-state index in [1.165, 1.54) is 6.42 Å². The Kier molecular flexibility index (Phi) is 1.87. The summed E-state index contributed by atoms with van der Waals surface area (Å²) in [4.78, 5) is 11.9. The van der Waals surface area contributed by atoms with Crippen molar-refractivity contribution in [2.45, 2.75) is 45.6 Å². The largest absolute Gasteiger partial charge is 0.393 e. The van der Waals surface area contributed by atoms with Crippen LogP contribution in [-0.2, 0) is 4.79 Å². The van der Waals surface area contributed by atoms with E-state index in [4.69, 9.17) is 0 Å². The Morgan fingerprint density at radius 3 is 2.87 bits per heavy atom. The highest BCUT2D eigenvalue weighted by atomic mass is 16.3. The lowest BCUT2D eigenvalue weighted by Gasteiger charge is -2.35. The number of carbonyl (C=O) groups is 1. The zero-order chi connectivity index (χ0) is 10.8. The van der Waals surface area contributed by atoms with Crippen LogP contribution in [0, 0.1) is 29.1 Å². The number of hydrogen-bond acceptors (Lipinski definition) is 2. The van der Waals surface area contributed by atoms with E-state index in [0.29, 0.717) is 23.5 Å². The normalized spacial score (nSPS) is 58.3. The van der Waals surface area contributed by atoms with Crippen molar-refractivity contribution >= 4 is 5.78 Å². The Bertz CT molecular complexity index is 312. The quantitative estimate of drug-likeness (QED) is 0.661. The SMILES string of the molecule is C[C@H]1C[C@H]2[C@@H]3CC(=O)[C@H]2[C@@](C)(C3)C[C@@H]1O. The molecule has 84 valence electrons. The molecule has 0 unspecified atom stereocenters. The van der Waals surface area contributed by atoms with E-state index >= 15 is 0 Å². The monoisotopic (exact) mass is 208 g/mol. The predicted molar refractivity (Wildman–Crippen MR) is 57.2 cm³/mol. The first-order chi connectivity index (χ1) is 7.01. The number of aliphatic hydroxyl groups excluding tert-OH is 1. The van der Waals surface area contributed by atoms with Gasteiger partial charge in [0.1, 0.15) is 5.78 Å². The third kappa shape index (κ3) is 1.17. The van der Waals surface area contributed by atoms with Crippen LogP contribution in [0.15, 0.2) is 0 Å². The second kappa shape index (κ2) is 2.85. The number of hydrogen-bond donors (Lipinski definition) is 1. The first-order valence-electron chi connectivity index (χ1n) is 6.22. The molecule has 3 aliphatic carbocycles. The fraction of sp³-hybridized carbons (Fsp3) is 0.923. The summed E-state index contributed by atoms with van der Waals surface area (Å²) in [7, 11) is 0. The molecule has 0 radical (unpaired) electrons. The molecule has 3 saturated carbocycles. The van der Waals surface area contributed by atoms with Crippen molar-refractivity contribution in [3.63, 3.8) is 0 Å². The summed E-state index contributed by atoms with van der Waals surface area (Å²) in [5.74, 6) is 2.38. The van der Waals surface area contributed by atoms with Gasteiger partial charge in [-0.25, -0.2) is 0 Å². The van der Waals surface area contributed by atoms with Crippen molar-refractivity contribution in [1.29, 1.82) is 0 Å². The standard InChI is InChI=1S/C13H20O2/c1-7-3-9-8-4-10(14)12(9)13(2,5-8)6-11(7)15/h7-9,11-12,15H,3-6H2,1-2H3/t7-,8+,9-,11-,12-,13-/m0/s1. The van der Waals surface area contributed by atoms with E-state index < -0.39 is 0 Å². The molecule has 0 aliphatic heterocycles. The fourth-order valence-electron chi connectivity index (χ4n) is 4.71. The van der Waals surface area contributed by atoms with Gasteiger partial charge in [-0.3, -0.25) is 4.79 Å². The van der Waals surface area contributed by atoms with Crippen LogP contribution < -0.4 is 0 Å².